The van der Waals surface area contributed by atoms with Crippen LogP contribution in [0.25, 0.3) is 0 Å². The highest BCUT2D eigenvalue weighted by molar-refractivity contribution is 9.09. The van der Waals surface area contributed by atoms with Crippen molar-refractivity contribution in [1.82, 2.24) is 0 Å². The number of hydrogen-bond acceptors (Lipinski definition) is 2. The topological polar surface area (TPSA) is 18.5 Å². The zero-order valence-corrected chi connectivity index (χ0v) is 13.6. The van der Waals surface area contributed by atoms with Gasteiger partial charge in [-0.25, -0.2) is 8.78 Å². The third kappa shape index (κ3) is 4.16. The number of benzene rings is 1. The van der Waals surface area contributed by atoms with Gasteiger partial charge in [0.25, 0.3) is 0 Å². The van der Waals surface area contributed by atoms with E-state index in [-0.39, 0.29) is 28.7 Å². The van der Waals surface area contributed by atoms with Gasteiger partial charge in [-0.1, -0.05) is 27.5 Å². The molecule has 0 bridgehead atoms. The van der Waals surface area contributed by atoms with E-state index in [1.165, 1.54) is 12.1 Å². The fourth-order valence-corrected chi connectivity index (χ4v) is 2.57. The Morgan fingerprint density at radius 1 is 1.14 bits per heavy atom. The summed E-state index contributed by atoms with van der Waals surface area (Å²) >= 11 is 8.50. The minimum absolute atomic E-state index is 0.107. The highest BCUT2D eigenvalue weighted by Gasteiger charge is 2.49. The molecule has 0 aliphatic rings. The van der Waals surface area contributed by atoms with Gasteiger partial charge in [0.1, 0.15) is 4.83 Å². The van der Waals surface area contributed by atoms with Gasteiger partial charge in [-0.05, 0) is 25.5 Å². The van der Waals surface area contributed by atoms with Crippen LogP contribution in [0.4, 0.5) is 17.6 Å². The molecule has 0 fully saturated rings. The summed E-state index contributed by atoms with van der Waals surface area (Å²) in [4.78, 5) is -1.94. The van der Waals surface area contributed by atoms with E-state index in [1.54, 1.807) is 13.8 Å². The molecule has 2 nitrogen and oxygen atoms in total. The third-order valence-corrected chi connectivity index (χ3v) is 4.00. The number of hydrogen-bond donors (Lipinski definition) is 0. The molecule has 21 heavy (non-hydrogen) atoms. The molecule has 8 heteroatoms. The summed E-state index contributed by atoms with van der Waals surface area (Å²) in [5.41, 5.74) is -0.186. The lowest BCUT2D eigenvalue weighted by molar-refractivity contribution is -0.127. The van der Waals surface area contributed by atoms with E-state index in [0.717, 1.165) is 0 Å². The molecule has 120 valence electrons. The van der Waals surface area contributed by atoms with Gasteiger partial charge in [0, 0.05) is 11.1 Å². The molecule has 1 unspecified atom stereocenters. The Hall–Kier alpha value is -0.690. The van der Waals surface area contributed by atoms with Crippen LogP contribution in [0.3, 0.4) is 0 Å². The zero-order valence-electron chi connectivity index (χ0n) is 11.3. The van der Waals surface area contributed by atoms with Crippen molar-refractivity contribution in [3.63, 3.8) is 0 Å². The predicted molar refractivity (Wildman–Crippen MR) is 76.4 cm³/mol. The minimum atomic E-state index is -4.26. The van der Waals surface area contributed by atoms with Crippen molar-refractivity contribution in [3.8, 4) is 11.5 Å². The zero-order chi connectivity index (χ0) is 16.2. The fraction of sp³-hybridized carbons (Fsp3) is 0.538. The monoisotopic (exact) mass is 392 g/mol. The minimum Gasteiger partial charge on any atom is -0.490 e. The Morgan fingerprint density at radius 3 is 2.05 bits per heavy atom. The van der Waals surface area contributed by atoms with Crippen LogP contribution >= 0.6 is 27.5 Å². The highest BCUT2D eigenvalue weighted by atomic mass is 79.9. The first-order chi connectivity index (χ1) is 9.75. The molecule has 0 saturated heterocycles. The molecule has 0 spiro atoms. The second kappa shape index (κ2) is 7.54. The van der Waals surface area contributed by atoms with E-state index in [0.29, 0.717) is 6.61 Å². The molecule has 0 amide bonds. The van der Waals surface area contributed by atoms with Crippen LogP contribution in [-0.2, 0) is 0 Å². The van der Waals surface area contributed by atoms with Gasteiger partial charge in [-0.3, -0.25) is 0 Å². The summed E-state index contributed by atoms with van der Waals surface area (Å²) in [6.45, 7) is 4.01. The van der Waals surface area contributed by atoms with Crippen LogP contribution in [0, 0.1) is 0 Å². The summed E-state index contributed by atoms with van der Waals surface area (Å²) < 4.78 is 62.3. The van der Waals surface area contributed by atoms with Crippen LogP contribution in [0.15, 0.2) is 12.1 Å². The van der Waals surface area contributed by atoms with Crippen molar-refractivity contribution >= 4 is 27.5 Å². The van der Waals surface area contributed by atoms with Gasteiger partial charge < -0.3 is 9.47 Å². The number of halogens is 6. The first-order valence-electron chi connectivity index (χ1n) is 6.14. The fourth-order valence-electron chi connectivity index (χ4n) is 1.60. The smallest absolute Gasteiger partial charge is 0.323 e. The molecule has 1 aromatic carbocycles. The van der Waals surface area contributed by atoms with E-state index >= 15 is 0 Å². The molecule has 0 aliphatic heterocycles. The average molecular weight is 394 g/mol. The molecule has 0 N–H and O–H groups in total. The van der Waals surface area contributed by atoms with Gasteiger partial charge in [0.05, 0.1) is 13.2 Å². The van der Waals surface area contributed by atoms with Crippen LogP contribution in [0.5, 0.6) is 11.5 Å². The molecule has 0 saturated carbocycles. The van der Waals surface area contributed by atoms with Crippen LogP contribution in [0.1, 0.15) is 24.2 Å². The van der Waals surface area contributed by atoms with Crippen molar-refractivity contribution in [2.75, 3.05) is 13.2 Å². The van der Waals surface area contributed by atoms with Gasteiger partial charge in [-0.15, -0.1) is 0 Å². The highest BCUT2D eigenvalue weighted by Crippen LogP contribution is 2.47. The lowest BCUT2D eigenvalue weighted by atomic mass is 10.1. The summed E-state index contributed by atoms with van der Waals surface area (Å²) in [6, 6.07) is 2.47. The second-order valence-electron chi connectivity index (χ2n) is 4.02. The Labute approximate surface area is 133 Å². The molecule has 0 radical (unpaired) electrons. The summed E-state index contributed by atoms with van der Waals surface area (Å²) in [6.07, 6.45) is -3.82. The number of rotatable bonds is 7. The van der Waals surface area contributed by atoms with Gasteiger partial charge in [0.2, 0.25) is 0 Å². The molecule has 1 aromatic rings. The molecule has 1 rings (SSSR count). The van der Waals surface area contributed by atoms with E-state index in [2.05, 4.69) is 15.9 Å². The van der Waals surface area contributed by atoms with Crippen LogP contribution in [-0.4, -0.2) is 25.6 Å². The van der Waals surface area contributed by atoms with Crippen molar-refractivity contribution in [3.05, 3.63) is 22.7 Å². The number of ether oxygens (including phenoxy) is 2. The molecular formula is C13H14BrClF4O2. The van der Waals surface area contributed by atoms with Crippen molar-refractivity contribution in [2.45, 2.75) is 31.0 Å². The van der Waals surface area contributed by atoms with E-state index < -0.39 is 17.2 Å². The van der Waals surface area contributed by atoms with Crippen molar-refractivity contribution < 1.29 is 27.0 Å². The quantitative estimate of drug-likeness (QED) is 0.451. The second-order valence-corrected chi connectivity index (χ2v) is 5.35. The van der Waals surface area contributed by atoms with Crippen molar-refractivity contribution in [1.29, 1.82) is 0 Å². The Morgan fingerprint density at radius 2 is 1.62 bits per heavy atom. The lowest BCUT2D eigenvalue weighted by Gasteiger charge is -2.23. The first kappa shape index (κ1) is 18.4. The Bertz CT molecular complexity index is 485. The maximum Gasteiger partial charge on any atom is 0.323 e. The molecule has 1 atom stereocenters. The Kier molecular flexibility index (Phi) is 6.59. The van der Waals surface area contributed by atoms with Crippen LogP contribution < -0.4 is 9.47 Å². The average Bonchev–Trinajstić information content (AvgIpc) is 2.41. The van der Waals surface area contributed by atoms with Gasteiger partial charge >= 0.3 is 12.3 Å². The number of alkyl halides is 5. The van der Waals surface area contributed by atoms with E-state index in [9.17, 15) is 17.6 Å². The summed E-state index contributed by atoms with van der Waals surface area (Å²) in [5, 5.41) is -0.107. The maximum absolute atomic E-state index is 13.4. The normalized spacial score (nSPS) is 13.4. The van der Waals surface area contributed by atoms with E-state index in [4.69, 9.17) is 21.1 Å². The van der Waals surface area contributed by atoms with E-state index in [1.807, 2.05) is 0 Å². The first-order valence-corrected chi connectivity index (χ1v) is 7.44. The Balaban J connectivity index is 3.27. The summed E-state index contributed by atoms with van der Waals surface area (Å²) in [7, 11) is 0. The molecule has 0 heterocycles. The van der Waals surface area contributed by atoms with Crippen LogP contribution in [0.2, 0.25) is 5.02 Å². The maximum atomic E-state index is 13.4. The largest absolute Gasteiger partial charge is 0.490 e. The van der Waals surface area contributed by atoms with Crippen molar-refractivity contribution in [2.24, 2.45) is 0 Å². The molecule has 0 aliphatic carbocycles. The molecule has 0 aromatic heterocycles. The molecular weight excluding hydrogens is 379 g/mol. The predicted octanol–water partition coefficient (Wildman–Crippen LogP) is 5.47. The summed E-state index contributed by atoms with van der Waals surface area (Å²) in [5.74, 6) is -3.82. The standard InChI is InChI=1S/C13H14BrClF4O2/c1-3-20-9-5-7(8(15)6-10(9)21-4-2)11(14)13(18,19)12(16)17/h5-6,11-12H,3-4H2,1-2H3. The lowest BCUT2D eigenvalue weighted by Crippen LogP contribution is -2.31. The van der Waals surface area contributed by atoms with Gasteiger partial charge in [0.15, 0.2) is 11.5 Å². The third-order valence-electron chi connectivity index (χ3n) is 2.56. The SMILES string of the molecule is CCOc1cc(Cl)c(C(Br)C(F)(F)C(F)F)cc1OCC. The van der Waals surface area contributed by atoms with Gasteiger partial charge in [-0.2, -0.15) is 8.78 Å².